The van der Waals surface area contributed by atoms with Gasteiger partial charge in [0.1, 0.15) is 12.3 Å². The zero-order valence-corrected chi connectivity index (χ0v) is 21.3. The number of hydrogen-bond donors (Lipinski definition) is 0. The first kappa shape index (κ1) is 25.7. The van der Waals surface area contributed by atoms with Crippen molar-refractivity contribution in [1.29, 1.82) is 0 Å². The molecule has 0 bridgehead atoms. The smallest absolute Gasteiger partial charge is 0.410 e. The molecule has 2 saturated carbocycles. The molecule has 4 fully saturated rings. The van der Waals surface area contributed by atoms with E-state index in [1.165, 1.54) is 0 Å². The number of amides is 2. The van der Waals surface area contributed by atoms with Gasteiger partial charge in [0.15, 0.2) is 9.84 Å². The first-order chi connectivity index (χ1) is 16.1. The highest BCUT2D eigenvalue weighted by Gasteiger charge is 2.49. The van der Waals surface area contributed by atoms with Gasteiger partial charge in [0.2, 0.25) is 5.91 Å². The van der Waals surface area contributed by atoms with Crippen molar-refractivity contribution in [2.75, 3.05) is 26.0 Å². The minimum Gasteiger partial charge on any atom is -0.446 e. The number of carbonyl (C=O) groups is 2. The van der Waals surface area contributed by atoms with Gasteiger partial charge in [0, 0.05) is 38.6 Å². The van der Waals surface area contributed by atoms with Crippen molar-refractivity contribution in [2.24, 2.45) is 11.8 Å². The van der Waals surface area contributed by atoms with E-state index in [1.54, 1.807) is 6.92 Å². The van der Waals surface area contributed by atoms with Gasteiger partial charge >= 0.3 is 6.09 Å². The molecule has 0 aromatic rings. The van der Waals surface area contributed by atoms with Gasteiger partial charge in [-0.15, -0.1) is 0 Å². The molecule has 2 heterocycles. The summed E-state index contributed by atoms with van der Waals surface area (Å²) in [6, 6.07) is -0.358. The van der Waals surface area contributed by atoms with Gasteiger partial charge in [-0.1, -0.05) is 0 Å². The lowest BCUT2D eigenvalue weighted by Gasteiger charge is -2.54. The minimum absolute atomic E-state index is 0.00785. The van der Waals surface area contributed by atoms with Crippen LogP contribution in [0.1, 0.15) is 65.2 Å². The van der Waals surface area contributed by atoms with E-state index >= 15 is 0 Å². The van der Waals surface area contributed by atoms with Gasteiger partial charge in [-0.05, 0) is 57.3 Å². The van der Waals surface area contributed by atoms with E-state index in [9.17, 15) is 22.4 Å². The molecule has 2 aliphatic carbocycles. The molecule has 0 N–H and O–H groups in total. The second kappa shape index (κ2) is 10.3. The van der Waals surface area contributed by atoms with E-state index in [4.69, 9.17) is 9.47 Å². The minimum atomic E-state index is -3.46. The predicted octanol–water partition coefficient (Wildman–Crippen LogP) is 2.94. The van der Waals surface area contributed by atoms with Gasteiger partial charge in [-0.2, -0.15) is 0 Å². The van der Waals surface area contributed by atoms with Crippen molar-refractivity contribution in [3.05, 3.63) is 0 Å². The lowest BCUT2D eigenvalue weighted by Crippen LogP contribution is -2.67. The highest BCUT2D eigenvalue weighted by molar-refractivity contribution is 7.91. The van der Waals surface area contributed by atoms with E-state index in [2.05, 4.69) is 0 Å². The average Bonchev–Trinajstić information content (AvgIpc) is 2.78. The van der Waals surface area contributed by atoms with Crippen LogP contribution in [-0.4, -0.2) is 91.9 Å². The second-order valence-electron chi connectivity index (χ2n) is 10.8. The van der Waals surface area contributed by atoms with Gasteiger partial charge in [-0.25, -0.2) is 17.6 Å². The van der Waals surface area contributed by atoms with Gasteiger partial charge in [0.05, 0.1) is 30.5 Å². The summed E-state index contributed by atoms with van der Waals surface area (Å²) in [5, 5.41) is -0.946. The number of piperazine rings is 1. The van der Waals surface area contributed by atoms with Crippen LogP contribution in [0, 0.1) is 11.8 Å². The monoisotopic (exact) mass is 502 g/mol. The van der Waals surface area contributed by atoms with Crippen LogP contribution >= 0.6 is 0 Å². The second-order valence-corrected chi connectivity index (χ2v) is 13.1. The Morgan fingerprint density at radius 1 is 0.971 bits per heavy atom. The zero-order valence-electron chi connectivity index (χ0n) is 20.5. The summed E-state index contributed by atoms with van der Waals surface area (Å²) in [6.07, 6.45) is 4.24. The Labute approximate surface area is 202 Å². The van der Waals surface area contributed by atoms with Crippen molar-refractivity contribution < 1.29 is 31.9 Å². The third-order valence-electron chi connectivity index (χ3n) is 8.52. The summed E-state index contributed by atoms with van der Waals surface area (Å²) in [6.45, 7) is 5.13. The summed E-state index contributed by atoms with van der Waals surface area (Å²) in [5.41, 5.74) is 0. The molecule has 8 nitrogen and oxygen atoms in total. The molecule has 0 aromatic carbocycles. The summed E-state index contributed by atoms with van der Waals surface area (Å²) in [5.74, 6) is 0.304. The van der Waals surface area contributed by atoms with Gasteiger partial charge < -0.3 is 19.3 Å². The number of sulfone groups is 1. The molecule has 7 atom stereocenters. The zero-order chi connectivity index (χ0) is 24.6. The van der Waals surface area contributed by atoms with Crippen molar-refractivity contribution in [2.45, 2.75) is 101 Å². The number of fused-ring (bicyclic) bond motifs is 1. The Bertz CT molecular complexity index is 864. The first-order valence-electron chi connectivity index (χ1n) is 12.7. The molecule has 10 heteroatoms. The molecule has 4 rings (SSSR count). The SMILES string of the molecule is CC(=O)N1C2CCC(C3CCC(F)C(S(C)(=O)=O)C3)CC2N(C(=O)OC2CCOCC2)C[C@@H]1C. The molecule has 194 valence electrons. The number of ether oxygens (including phenoxy) is 2. The van der Waals surface area contributed by atoms with Crippen LogP contribution in [0.2, 0.25) is 0 Å². The Morgan fingerprint density at radius 2 is 1.62 bits per heavy atom. The van der Waals surface area contributed by atoms with E-state index < -0.39 is 21.3 Å². The van der Waals surface area contributed by atoms with Crippen LogP contribution in [0.15, 0.2) is 0 Å². The maximum absolute atomic E-state index is 14.4. The van der Waals surface area contributed by atoms with Crippen LogP contribution in [-0.2, 0) is 24.1 Å². The lowest BCUT2D eigenvalue weighted by molar-refractivity contribution is -0.143. The Hall–Kier alpha value is -1.42. The topological polar surface area (TPSA) is 93.2 Å². The number of rotatable bonds is 3. The van der Waals surface area contributed by atoms with E-state index in [0.29, 0.717) is 51.9 Å². The van der Waals surface area contributed by atoms with Crippen LogP contribution in [0.5, 0.6) is 0 Å². The third kappa shape index (κ3) is 5.37. The molecule has 2 amide bonds. The van der Waals surface area contributed by atoms with E-state index in [1.807, 2.05) is 16.7 Å². The van der Waals surface area contributed by atoms with Crippen molar-refractivity contribution in [3.8, 4) is 0 Å². The molecule has 0 aromatic heterocycles. The summed E-state index contributed by atoms with van der Waals surface area (Å²) < 4.78 is 50.0. The lowest BCUT2D eigenvalue weighted by atomic mass is 9.69. The quantitative estimate of drug-likeness (QED) is 0.589. The summed E-state index contributed by atoms with van der Waals surface area (Å²) in [4.78, 5) is 29.5. The van der Waals surface area contributed by atoms with E-state index in [-0.39, 0.29) is 54.5 Å². The van der Waals surface area contributed by atoms with Crippen LogP contribution in [0.25, 0.3) is 0 Å². The van der Waals surface area contributed by atoms with Crippen LogP contribution < -0.4 is 0 Å². The molecule has 4 aliphatic rings. The molecular weight excluding hydrogens is 463 g/mol. The maximum atomic E-state index is 14.4. The molecule has 2 saturated heterocycles. The number of nitrogens with zero attached hydrogens (tertiary/aromatic N) is 2. The highest BCUT2D eigenvalue weighted by Crippen LogP contribution is 2.44. The molecule has 0 radical (unpaired) electrons. The number of carbonyl (C=O) groups excluding carboxylic acids is 2. The average molecular weight is 503 g/mol. The van der Waals surface area contributed by atoms with Crippen LogP contribution in [0.4, 0.5) is 9.18 Å². The fourth-order valence-electron chi connectivity index (χ4n) is 6.84. The summed E-state index contributed by atoms with van der Waals surface area (Å²) in [7, 11) is -3.46. The standard InChI is InChI=1S/C24H39FN2O6S/c1-15-14-26(24(29)33-19-8-10-32-11-9-19)22-12-17(5-7-21(22)27(15)16(2)28)18-4-6-20(25)23(13-18)34(3,30)31/h15,17-23H,4-14H2,1-3H3/t15-,17?,18?,20?,21?,22?,23?/m0/s1. The number of alkyl halides is 1. The first-order valence-corrected chi connectivity index (χ1v) is 14.7. The Balaban J connectivity index is 1.51. The molecule has 0 spiro atoms. The number of halogens is 1. The summed E-state index contributed by atoms with van der Waals surface area (Å²) >= 11 is 0. The number of hydrogen-bond acceptors (Lipinski definition) is 6. The maximum Gasteiger partial charge on any atom is 0.410 e. The normalized spacial score (nSPS) is 37.7. The van der Waals surface area contributed by atoms with E-state index in [0.717, 1.165) is 19.1 Å². The fraction of sp³-hybridized carbons (Fsp3) is 0.917. The molecule has 6 unspecified atom stereocenters. The molecule has 34 heavy (non-hydrogen) atoms. The van der Waals surface area contributed by atoms with Crippen molar-refractivity contribution in [1.82, 2.24) is 9.80 Å². The molecular formula is C24H39FN2O6S. The van der Waals surface area contributed by atoms with Crippen molar-refractivity contribution in [3.63, 3.8) is 0 Å². The highest BCUT2D eigenvalue weighted by atomic mass is 32.2. The van der Waals surface area contributed by atoms with Gasteiger partial charge in [-0.3, -0.25) is 4.79 Å². The Kier molecular flexibility index (Phi) is 7.77. The predicted molar refractivity (Wildman–Crippen MR) is 125 cm³/mol. The van der Waals surface area contributed by atoms with Crippen LogP contribution in [0.3, 0.4) is 0 Å². The van der Waals surface area contributed by atoms with Gasteiger partial charge in [0.25, 0.3) is 0 Å². The third-order valence-corrected chi connectivity index (χ3v) is 10.1. The van der Waals surface area contributed by atoms with Crippen molar-refractivity contribution >= 4 is 21.8 Å². The Morgan fingerprint density at radius 3 is 2.26 bits per heavy atom. The fourth-order valence-corrected chi connectivity index (χ4v) is 8.11. The molecule has 2 aliphatic heterocycles. The largest absolute Gasteiger partial charge is 0.446 e.